The molecule has 0 fully saturated rings. The van der Waals surface area contributed by atoms with Gasteiger partial charge in [0.25, 0.3) is 0 Å². The minimum Gasteiger partial charge on any atom is -0.0648 e. The van der Waals surface area contributed by atoms with Crippen molar-refractivity contribution in [2.75, 3.05) is 0 Å². The fourth-order valence-corrected chi connectivity index (χ4v) is 2.71. The number of hydrogen-bond acceptors (Lipinski definition) is 0. The van der Waals surface area contributed by atoms with E-state index in [2.05, 4.69) is 70.6 Å². The highest BCUT2D eigenvalue weighted by atomic mass is 127. The Morgan fingerprint density at radius 3 is 2.46 bits per heavy atom. The van der Waals surface area contributed by atoms with Gasteiger partial charge in [0.2, 0.25) is 0 Å². The molecule has 1 aromatic carbocycles. The Bertz CT molecular complexity index is 279. The Hall–Kier alpha value is 0.430. The Balaban J connectivity index is 3.03. The molecule has 1 rings (SSSR count). The third kappa shape index (κ3) is 2.94. The summed E-state index contributed by atoms with van der Waals surface area (Å²) in [5, 5.41) is 0. The van der Waals surface area contributed by atoms with Crippen LogP contribution in [-0.4, -0.2) is 0 Å². The van der Waals surface area contributed by atoms with Gasteiger partial charge in [0.05, 0.1) is 0 Å². The summed E-state index contributed by atoms with van der Waals surface area (Å²) >= 11 is 5.94. The first-order valence-corrected chi connectivity index (χ1v) is 6.51. The van der Waals surface area contributed by atoms with Gasteiger partial charge in [-0.15, -0.1) is 0 Å². The van der Waals surface area contributed by atoms with Crippen LogP contribution in [0.25, 0.3) is 0 Å². The highest BCUT2D eigenvalue weighted by molar-refractivity contribution is 14.1. The minimum absolute atomic E-state index is 0.712. The van der Waals surface area contributed by atoms with Gasteiger partial charge in [-0.3, -0.25) is 0 Å². The van der Waals surface area contributed by atoms with Crippen molar-refractivity contribution in [3.8, 4) is 0 Å². The SMILES string of the molecule is CCC(CC)c1cc(Br)ccc1I. The van der Waals surface area contributed by atoms with E-state index in [9.17, 15) is 0 Å². The standard InChI is InChI=1S/C11H14BrI/c1-3-8(4-2)10-7-9(12)5-6-11(10)13/h5-8H,3-4H2,1-2H3. The van der Waals surface area contributed by atoms with E-state index in [-0.39, 0.29) is 0 Å². The molecule has 0 heterocycles. The van der Waals surface area contributed by atoms with Crippen LogP contribution in [0.15, 0.2) is 22.7 Å². The summed E-state index contributed by atoms with van der Waals surface area (Å²) in [6.07, 6.45) is 2.45. The Kier molecular flexibility index (Phi) is 4.73. The van der Waals surface area contributed by atoms with Crippen LogP contribution in [0.1, 0.15) is 38.2 Å². The van der Waals surface area contributed by atoms with Crippen LogP contribution < -0.4 is 0 Å². The second kappa shape index (κ2) is 5.35. The van der Waals surface area contributed by atoms with Gasteiger partial charge >= 0.3 is 0 Å². The van der Waals surface area contributed by atoms with Gasteiger partial charge in [-0.05, 0) is 65.1 Å². The van der Waals surface area contributed by atoms with Crippen molar-refractivity contribution in [3.63, 3.8) is 0 Å². The predicted molar refractivity (Wildman–Crippen MR) is 70.2 cm³/mol. The first-order valence-electron chi connectivity index (χ1n) is 4.64. The van der Waals surface area contributed by atoms with Crippen LogP contribution in [0.5, 0.6) is 0 Å². The number of rotatable bonds is 3. The zero-order valence-electron chi connectivity index (χ0n) is 7.98. The summed E-state index contributed by atoms with van der Waals surface area (Å²) in [7, 11) is 0. The molecule has 0 saturated carbocycles. The van der Waals surface area contributed by atoms with Crippen LogP contribution in [-0.2, 0) is 0 Å². The van der Waals surface area contributed by atoms with Crippen LogP contribution in [0.3, 0.4) is 0 Å². The van der Waals surface area contributed by atoms with E-state index in [1.807, 2.05) is 0 Å². The summed E-state index contributed by atoms with van der Waals surface area (Å²) < 4.78 is 2.57. The van der Waals surface area contributed by atoms with Crippen LogP contribution in [0, 0.1) is 3.57 Å². The van der Waals surface area contributed by atoms with Crippen molar-refractivity contribution < 1.29 is 0 Å². The molecule has 13 heavy (non-hydrogen) atoms. The van der Waals surface area contributed by atoms with Crippen molar-refractivity contribution in [2.45, 2.75) is 32.6 Å². The van der Waals surface area contributed by atoms with Gasteiger partial charge < -0.3 is 0 Å². The summed E-state index contributed by atoms with van der Waals surface area (Å²) in [5.41, 5.74) is 1.49. The number of hydrogen-bond donors (Lipinski definition) is 0. The highest BCUT2D eigenvalue weighted by Gasteiger charge is 2.10. The minimum atomic E-state index is 0.712. The van der Waals surface area contributed by atoms with Gasteiger partial charge in [0.1, 0.15) is 0 Å². The van der Waals surface area contributed by atoms with Crippen molar-refractivity contribution in [1.29, 1.82) is 0 Å². The molecule has 2 heteroatoms. The highest BCUT2D eigenvalue weighted by Crippen LogP contribution is 2.29. The van der Waals surface area contributed by atoms with Gasteiger partial charge in [-0.2, -0.15) is 0 Å². The molecule has 0 radical (unpaired) electrons. The lowest BCUT2D eigenvalue weighted by Gasteiger charge is -2.14. The summed E-state index contributed by atoms with van der Waals surface area (Å²) in [5.74, 6) is 0.712. The zero-order valence-corrected chi connectivity index (χ0v) is 11.7. The van der Waals surface area contributed by atoms with Crippen molar-refractivity contribution >= 4 is 38.5 Å². The first kappa shape index (κ1) is 11.5. The average molecular weight is 353 g/mol. The average Bonchev–Trinajstić information content (AvgIpc) is 2.13. The Morgan fingerprint density at radius 1 is 1.31 bits per heavy atom. The fourth-order valence-electron chi connectivity index (χ4n) is 1.56. The summed E-state index contributed by atoms with van der Waals surface area (Å²) in [4.78, 5) is 0. The van der Waals surface area contributed by atoms with Gasteiger partial charge in [0, 0.05) is 8.04 Å². The fraction of sp³-hybridized carbons (Fsp3) is 0.455. The molecule has 0 unspecified atom stereocenters. The molecule has 0 aliphatic heterocycles. The molecule has 0 spiro atoms. The monoisotopic (exact) mass is 352 g/mol. The molecule has 0 aromatic heterocycles. The van der Waals surface area contributed by atoms with Gasteiger partial charge in [-0.1, -0.05) is 29.8 Å². The molecule has 0 atom stereocenters. The molecule has 72 valence electrons. The van der Waals surface area contributed by atoms with Gasteiger partial charge in [-0.25, -0.2) is 0 Å². The quantitative estimate of drug-likeness (QED) is 0.674. The number of benzene rings is 1. The third-order valence-electron chi connectivity index (χ3n) is 2.38. The molecular formula is C11H14BrI. The Morgan fingerprint density at radius 2 is 1.92 bits per heavy atom. The smallest absolute Gasteiger partial charge is 0.0178 e. The zero-order chi connectivity index (χ0) is 9.84. The molecule has 0 aliphatic rings. The van der Waals surface area contributed by atoms with E-state index in [0.717, 1.165) is 0 Å². The topological polar surface area (TPSA) is 0 Å². The summed E-state index contributed by atoms with van der Waals surface area (Å²) in [6, 6.07) is 6.53. The van der Waals surface area contributed by atoms with Crippen molar-refractivity contribution in [2.24, 2.45) is 0 Å². The molecule has 0 bridgehead atoms. The largest absolute Gasteiger partial charge is 0.0648 e. The normalized spacial score (nSPS) is 10.8. The molecule has 0 amide bonds. The van der Waals surface area contributed by atoms with Gasteiger partial charge in [0.15, 0.2) is 0 Å². The van der Waals surface area contributed by atoms with Crippen molar-refractivity contribution in [1.82, 2.24) is 0 Å². The van der Waals surface area contributed by atoms with E-state index >= 15 is 0 Å². The maximum Gasteiger partial charge on any atom is 0.0178 e. The number of halogens is 2. The lowest BCUT2D eigenvalue weighted by molar-refractivity contribution is 0.638. The van der Waals surface area contributed by atoms with Crippen LogP contribution >= 0.6 is 38.5 Å². The molecule has 0 N–H and O–H groups in total. The van der Waals surface area contributed by atoms with E-state index in [1.54, 1.807) is 0 Å². The molecule has 0 saturated heterocycles. The lowest BCUT2D eigenvalue weighted by Crippen LogP contribution is -1.98. The van der Waals surface area contributed by atoms with E-state index in [4.69, 9.17) is 0 Å². The van der Waals surface area contributed by atoms with Crippen molar-refractivity contribution in [3.05, 3.63) is 31.8 Å². The Labute approximate surface area is 102 Å². The second-order valence-electron chi connectivity index (χ2n) is 3.18. The maximum atomic E-state index is 3.52. The van der Waals surface area contributed by atoms with E-state index < -0.39 is 0 Å². The maximum absolute atomic E-state index is 3.52. The first-order chi connectivity index (χ1) is 6.19. The predicted octanol–water partition coefficient (Wildman–Crippen LogP) is 4.96. The van der Waals surface area contributed by atoms with E-state index in [1.165, 1.54) is 26.4 Å². The van der Waals surface area contributed by atoms with Crippen LogP contribution in [0.2, 0.25) is 0 Å². The second-order valence-corrected chi connectivity index (χ2v) is 5.26. The molecule has 1 aromatic rings. The molecule has 0 aliphatic carbocycles. The molecule has 0 nitrogen and oxygen atoms in total. The van der Waals surface area contributed by atoms with E-state index in [0.29, 0.717) is 5.92 Å². The summed E-state index contributed by atoms with van der Waals surface area (Å²) in [6.45, 7) is 4.51. The lowest BCUT2D eigenvalue weighted by atomic mass is 9.94. The molecular weight excluding hydrogens is 339 g/mol. The van der Waals surface area contributed by atoms with Crippen LogP contribution in [0.4, 0.5) is 0 Å². The third-order valence-corrected chi connectivity index (χ3v) is 3.86.